The zero-order chi connectivity index (χ0) is 26.3. The Balaban J connectivity index is 1.81. The molecule has 188 valence electrons. The van der Waals surface area contributed by atoms with E-state index in [0.29, 0.717) is 28.5 Å². The third kappa shape index (κ3) is 3.87. The van der Waals surface area contributed by atoms with Crippen LogP contribution in [0.4, 0.5) is 5.69 Å². The molecule has 2 heterocycles. The molecule has 1 saturated heterocycles. The summed E-state index contributed by atoms with van der Waals surface area (Å²) in [4.78, 5) is 28.6. The summed E-state index contributed by atoms with van der Waals surface area (Å²) in [5.41, 5.74) is 2.34. The predicted molar refractivity (Wildman–Crippen MR) is 140 cm³/mol. The van der Waals surface area contributed by atoms with E-state index in [1.165, 1.54) is 26.2 Å². The van der Waals surface area contributed by atoms with E-state index in [0.717, 1.165) is 10.9 Å². The smallest absolute Gasteiger partial charge is 0.300 e. The van der Waals surface area contributed by atoms with Gasteiger partial charge in [-0.1, -0.05) is 24.3 Å². The number of ether oxygens (including phenoxy) is 3. The first-order valence-electron chi connectivity index (χ1n) is 11.6. The molecule has 1 N–H and O–H groups in total. The minimum Gasteiger partial charge on any atom is -0.507 e. The van der Waals surface area contributed by atoms with Gasteiger partial charge >= 0.3 is 0 Å². The van der Waals surface area contributed by atoms with Crippen molar-refractivity contribution in [2.75, 3.05) is 26.2 Å². The lowest BCUT2D eigenvalue weighted by Gasteiger charge is -2.25. The van der Waals surface area contributed by atoms with Gasteiger partial charge in [-0.15, -0.1) is 0 Å². The molecule has 1 atom stereocenters. The van der Waals surface area contributed by atoms with Gasteiger partial charge in [0.05, 0.1) is 38.5 Å². The van der Waals surface area contributed by atoms with Gasteiger partial charge in [0.1, 0.15) is 23.0 Å². The number of hydrogen-bond donors (Lipinski definition) is 1. The normalized spacial score (nSPS) is 16.9. The monoisotopic (exact) mass is 498 g/mol. The van der Waals surface area contributed by atoms with E-state index < -0.39 is 17.7 Å². The van der Waals surface area contributed by atoms with Crippen molar-refractivity contribution in [3.8, 4) is 17.2 Å². The third-order valence-corrected chi connectivity index (χ3v) is 6.66. The minimum atomic E-state index is -0.898. The van der Waals surface area contributed by atoms with E-state index >= 15 is 0 Å². The highest BCUT2D eigenvalue weighted by atomic mass is 16.5. The zero-order valence-corrected chi connectivity index (χ0v) is 20.9. The molecule has 3 aromatic carbocycles. The van der Waals surface area contributed by atoms with Gasteiger partial charge in [0.25, 0.3) is 11.7 Å². The van der Waals surface area contributed by atoms with Crippen LogP contribution >= 0.6 is 0 Å². The number of fused-ring (bicyclic) bond motifs is 1. The molecule has 0 radical (unpaired) electrons. The van der Waals surface area contributed by atoms with Gasteiger partial charge in [-0.2, -0.15) is 0 Å². The number of rotatable bonds is 6. The number of Topliss-reactive ketones (excluding diaryl/α,β-unsaturated/α-hetero) is 1. The quantitative estimate of drug-likeness (QED) is 0.233. The molecule has 37 heavy (non-hydrogen) atoms. The second kappa shape index (κ2) is 9.39. The van der Waals surface area contributed by atoms with Crippen LogP contribution in [-0.4, -0.2) is 42.7 Å². The Hall–Kier alpha value is -4.72. The molecular weight excluding hydrogens is 472 g/mol. The number of methoxy groups -OCH3 is 3. The molecular formula is C29H26N2O6. The lowest BCUT2D eigenvalue weighted by Crippen LogP contribution is -2.29. The number of anilines is 1. The summed E-state index contributed by atoms with van der Waals surface area (Å²) < 4.78 is 18.1. The summed E-state index contributed by atoms with van der Waals surface area (Å²) in [7, 11) is 6.42. The number of aryl methyl sites for hydroxylation is 1. The van der Waals surface area contributed by atoms with Gasteiger partial charge in [-0.3, -0.25) is 14.5 Å². The molecule has 0 saturated carbocycles. The largest absolute Gasteiger partial charge is 0.507 e. The molecule has 1 aliphatic rings. The van der Waals surface area contributed by atoms with Gasteiger partial charge in [0.15, 0.2) is 0 Å². The van der Waals surface area contributed by atoms with Crippen molar-refractivity contribution < 1.29 is 28.9 Å². The summed E-state index contributed by atoms with van der Waals surface area (Å²) in [6.07, 6.45) is 1.88. The number of hydrogen-bond acceptors (Lipinski definition) is 6. The highest BCUT2D eigenvalue weighted by Gasteiger charge is 2.48. The van der Waals surface area contributed by atoms with Gasteiger partial charge in [-0.05, 0) is 30.3 Å². The number of aliphatic hydroxyl groups excluding tert-OH is 1. The topological polar surface area (TPSA) is 90.2 Å². The van der Waals surface area contributed by atoms with Gasteiger partial charge in [-0.25, -0.2) is 0 Å². The SMILES string of the molecule is COc1cccc(N2C(=O)C(=O)/C(=C(/O)c3ccc(OC)cc3OC)C2c2cn(C)c3ccccc23)c1. The highest BCUT2D eigenvalue weighted by Crippen LogP contribution is 2.46. The fourth-order valence-corrected chi connectivity index (χ4v) is 4.88. The lowest BCUT2D eigenvalue weighted by molar-refractivity contribution is -0.132. The maximum atomic E-state index is 13.6. The molecule has 1 amide bonds. The number of carbonyl (C=O) groups excluding carboxylic acids is 2. The van der Waals surface area contributed by atoms with E-state index in [1.54, 1.807) is 42.5 Å². The molecule has 1 aromatic heterocycles. The summed E-state index contributed by atoms with van der Waals surface area (Å²) in [5, 5.41) is 12.4. The van der Waals surface area contributed by atoms with Crippen LogP contribution in [0.25, 0.3) is 16.7 Å². The molecule has 0 bridgehead atoms. The predicted octanol–water partition coefficient (Wildman–Crippen LogP) is 4.83. The Morgan fingerprint density at radius 2 is 1.59 bits per heavy atom. The number of aromatic nitrogens is 1. The van der Waals surface area contributed by atoms with E-state index in [9.17, 15) is 14.7 Å². The number of carbonyl (C=O) groups is 2. The fourth-order valence-electron chi connectivity index (χ4n) is 4.88. The second-order valence-corrected chi connectivity index (χ2v) is 8.65. The average molecular weight is 499 g/mol. The number of nitrogens with zero attached hydrogens (tertiary/aromatic N) is 2. The summed E-state index contributed by atoms with van der Waals surface area (Å²) in [6.45, 7) is 0. The number of ketones is 1. The van der Waals surface area contributed by atoms with E-state index in [-0.39, 0.29) is 16.9 Å². The minimum absolute atomic E-state index is 0.0346. The molecule has 1 aliphatic heterocycles. The Bertz CT molecular complexity index is 1570. The lowest BCUT2D eigenvalue weighted by atomic mass is 9.94. The van der Waals surface area contributed by atoms with Crippen LogP contribution in [0.1, 0.15) is 17.2 Å². The molecule has 8 heteroatoms. The van der Waals surface area contributed by atoms with Crippen LogP contribution in [0, 0.1) is 0 Å². The molecule has 1 unspecified atom stereocenters. The summed E-state index contributed by atoms with van der Waals surface area (Å²) in [6, 6.07) is 18.6. The number of aliphatic hydroxyl groups is 1. The summed E-state index contributed by atoms with van der Waals surface area (Å²) in [5.74, 6) is -0.512. The van der Waals surface area contributed by atoms with E-state index in [1.807, 2.05) is 42.1 Å². The fraction of sp³-hybridized carbons (Fsp3) is 0.172. The zero-order valence-electron chi connectivity index (χ0n) is 20.9. The molecule has 5 rings (SSSR count). The number of para-hydroxylation sites is 1. The molecule has 4 aromatic rings. The van der Waals surface area contributed by atoms with Crippen molar-refractivity contribution in [3.63, 3.8) is 0 Å². The van der Waals surface area contributed by atoms with Gasteiger partial charge < -0.3 is 23.9 Å². The van der Waals surface area contributed by atoms with Crippen molar-refractivity contribution in [2.24, 2.45) is 7.05 Å². The van der Waals surface area contributed by atoms with Crippen molar-refractivity contribution in [2.45, 2.75) is 6.04 Å². The third-order valence-electron chi connectivity index (χ3n) is 6.66. The van der Waals surface area contributed by atoms with Crippen LogP contribution in [-0.2, 0) is 16.6 Å². The maximum absolute atomic E-state index is 13.6. The standard InChI is InChI=1S/C29H26N2O6/c1-30-16-22(20-10-5-6-11-23(20)30)26-25(27(32)21-13-12-19(36-3)15-24(21)37-4)28(33)29(34)31(26)17-8-7-9-18(14-17)35-2/h5-16,26,32H,1-4H3/b27-25+. The van der Waals surface area contributed by atoms with Crippen molar-refractivity contribution in [3.05, 3.63) is 89.6 Å². The first-order chi connectivity index (χ1) is 17.9. The summed E-state index contributed by atoms with van der Waals surface area (Å²) >= 11 is 0. The van der Waals surface area contributed by atoms with Crippen LogP contribution in [0.3, 0.4) is 0 Å². The maximum Gasteiger partial charge on any atom is 0.300 e. The van der Waals surface area contributed by atoms with Crippen molar-refractivity contribution in [1.29, 1.82) is 0 Å². The number of benzene rings is 3. The van der Waals surface area contributed by atoms with Crippen molar-refractivity contribution in [1.82, 2.24) is 4.57 Å². The molecule has 1 fully saturated rings. The average Bonchev–Trinajstić information content (AvgIpc) is 3.40. The Morgan fingerprint density at radius 1 is 0.865 bits per heavy atom. The van der Waals surface area contributed by atoms with E-state index in [2.05, 4.69) is 0 Å². The van der Waals surface area contributed by atoms with Gasteiger partial charge in [0.2, 0.25) is 0 Å². The van der Waals surface area contributed by atoms with E-state index in [4.69, 9.17) is 14.2 Å². The molecule has 0 spiro atoms. The Kier molecular flexibility index (Phi) is 6.09. The molecule has 8 nitrogen and oxygen atoms in total. The van der Waals surface area contributed by atoms with Crippen LogP contribution in [0.5, 0.6) is 17.2 Å². The Labute approximate surface area is 213 Å². The van der Waals surface area contributed by atoms with Crippen molar-refractivity contribution >= 4 is 34.0 Å². The van der Waals surface area contributed by atoms with Gasteiger partial charge in [0, 0.05) is 47.5 Å². The molecule has 0 aliphatic carbocycles. The first kappa shape index (κ1) is 24.0. The number of amides is 1. The first-order valence-corrected chi connectivity index (χ1v) is 11.6. The van der Waals surface area contributed by atoms with Crippen LogP contribution < -0.4 is 19.1 Å². The van der Waals surface area contributed by atoms with Crippen LogP contribution in [0.2, 0.25) is 0 Å². The Morgan fingerprint density at radius 3 is 2.32 bits per heavy atom. The van der Waals surface area contributed by atoms with Crippen LogP contribution in [0.15, 0.2) is 78.5 Å². The highest BCUT2D eigenvalue weighted by molar-refractivity contribution is 6.52. The second-order valence-electron chi connectivity index (χ2n) is 8.65.